The summed E-state index contributed by atoms with van der Waals surface area (Å²) in [5.41, 5.74) is 0. The molecule has 0 atom stereocenters. The Morgan fingerprint density at radius 3 is 2.47 bits per heavy atom. The van der Waals surface area contributed by atoms with Gasteiger partial charge in [0.15, 0.2) is 0 Å². The normalized spacial score (nSPS) is 17.5. The molecule has 1 saturated heterocycles. The molecule has 1 aliphatic heterocycles. The molecule has 1 heterocycles. The van der Waals surface area contributed by atoms with E-state index in [-0.39, 0.29) is 12.5 Å². The van der Waals surface area contributed by atoms with Gasteiger partial charge < -0.3 is 9.74 Å². The van der Waals surface area contributed by atoms with Gasteiger partial charge in [-0.2, -0.15) is 0 Å². The first-order valence-electron chi connectivity index (χ1n) is 4.70. The van der Waals surface area contributed by atoms with Crippen LogP contribution in [-0.4, -0.2) is 60.1 Å². The lowest BCUT2D eigenvalue weighted by molar-refractivity contribution is -0.757. The number of carbonyl (C=O) groups is 1. The smallest absolute Gasteiger partial charge is 0.294 e. The SMILES string of the molecule is [CH2]C(=O)N1CCN(CCO[N+](=O)[O-])CC1. The molecule has 7 heteroatoms. The molecule has 0 aromatic heterocycles. The van der Waals surface area contributed by atoms with Crippen LogP contribution in [0.3, 0.4) is 0 Å². The second-order valence-electron chi connectivity index (χ2n) is 3.28. The average Bonchev–Trinajstić information content (AvgIpc) is 2.18. The van der Waals surface area contributed by atoms with Gasteiger partial charge in [-0.25, -0.2) is 0 Å². The lowest BCUT2D eigenvalue weighted by Gasteiger charge is -2.33. The van der Waals surface area contributed by atoms with E-state index in [9.17, 15) is 14.9 Å². The summed E-state index contributed by atoms with van der Waals surface area (Å²) < 4.78 is 0. The average molecular weight is 216 g/mol. The van der Waals surface area contributed by atoms with Crippen molar-refractivity contribution in [1.29, 1.82) is 0 Å². The lowest BCUT2D eigenvalue weighted by atomic mass is 10.3. The fourth-order valence-electron chi connectivity index (χ4n) is 1.47. The highest BCUT2D eigenvalue weighted by molar-refractivity contribution is 5.80. The zero-order valence-electron chi connectivity index (χ0n) is 8.42. The highest BCUT2D eigenvalue weighted by Crippen LogP contribution is 2.01. The van der Waals surface area contributed by atoms with Crippen LogP contribution in [-0.2, 0) is 9.63 Å². The Kier molecular flexibility index (Phi) is 4.29. The van der Waals surface area contributed by atoms with Gasteiger partial charge in [-0.15, -0.1) is 10.1 Å². The van der Waals surface area contributed by atoms with Crippen LogP contribution in [0.5, 0.6) is 0 Å². The van der Waals surface area contributed by atoms with E-state index >= 15 is 0 Å². The fraction of sp³-hybridized carbons (Fsp3) is 0.750. The van der Waals surface area contributed by atoms with Crippen molar-refractivity contribution in [1.82, 2.24) is 9.80 Å². The van der Waals surface area contributed by atoms with E-state index < -0.39 is 5.09 Å². The summed E-state index contributed by atoms with van der Waals surface area (Å²) in [7, 11) is 0. The summed E-state index contributed by atoms with van der Waals surface area (Å²) in [4.78, 5) is 28.7. The van der Waals surface area contributed by atoms with Crippen LogP contribution in [0.1, 0.15) is 0 Å². The second kappa shape index (κ2) is 5.50. The van der Waals surface area contributed by atoms with Gasteiger partial charge in [-0.3, -0.25) is 9.69 Å². The molecule has 0 aromatic carbocycles. The lowest BCUT2D eigenvalue weighted by Crippen LogP contribution is -2.48. The Hall–Kier alpha value is -1.37. The Bertz CT molecular complexity index is 235. The molecule has 0 aliphatic carbocycles. The summed E-state index contributed by atoms with van der Waals surface area (Å²) in [6.45, 7) is 6.59. The largest absolute Gasteiger partial charge is 0.340 e. The van der Waals surface area contributed by atoms with E-state index in [1.165, 1.54) is 0 Å². The van der Waals surface area contributed by atoms with Crippen LogP contribution < -0.4 is 0 Å². The minimum atomic E-state index is -0.796. The van der Waals surface area contributed by atoms with E-state index in [1.807, 2.05) is 4.90 Å². The molecule has 7 nitrogen and oxygen atoms in total. The van der Waals surface area contributed by atoms with Crippen molar-refractivity contribution < 1.29 is 14.7 Å². The van der Waals surface area contributed by atoms with E-state index in [1.54, 1.807) is 4.90 Å². The summed E-state index contributed by atoms with van der Waals surface area (Å²) >= 11 is 0. The van der Waals surface area contributed by atoms with Crippen LogP contribution in [0.15, 0.2) is 0 Å². The van der Waals surface area contributed by atoms with Crippen molar-refractivity contribution in [2.24, 2.45) is 0 Å². The third-order valence-electron chi connectivity index (χ3n) is 2.33. The van der Waals surface area contributed by atoms with E-state index in [4.69, 9.17) is 0 Å². The number of piperazine rings is 1. The zero-order chi connectivity index (χ0) is 11.3. The van der Waals surface area contributed by atoms with Crippen molar-refractivity contribution in [3.05, 3.63) is 17.0 Å². The number of rotatable bonds is 4. The summed E-state index contributed by atoms with van der Waals surface area (Å²) in [6, 6.07) is 0. The monoisotopic (exact) mass is 216 g/mol. The summed E-state index contributed by atoms with van der Waals surface area (Å²) in [5, 5.41) is 9.09. The first-order chi connectivity index (χ1) is 7.09. The van der Waals surface area contributed by atoms with Gasteiger partial charge in [0.05, 0.1) is 0 Å². The van der Waals surface area contributed by atoms with Crippen LogP contribution in [0.4, 0.5) is 0 Å². The molecule has 1 rings (SSSR count). The molecule has 85 valence electrons. The predicted molar refractivity (Wildman–Crippen MR) is 51.3 cm³/mol. The quantitative estimate of drug-likeness (QED) is 0.453. The molecule has 1 fully saturated rings. The van der Waals surface area contributed by atoms with Crippen molar-refractivity contribution in [3.63, 3.8) is 0 Å². The molecule has 0 unspecified atom stereocenters. The van der Waals surface area contributed by atoms with Gasteiger partial charge in [-0.05, 0) is 0 Å². The van der Waals surface area contributed by atoms with Crippen molar-refractivity contribution >= 4 is 5.91 Å². The first kappa shape index (κ1) is 11.7. The van der Waals surface area contributed by atoms with Crippen molar-refractivity contribution in [3.8, 4) is 0 Å². The zero-order valence-corrected chi connectivity index (χ0v) is 8.42. The highest BCUT2D eigenvalue weighted by atomic mass is 16.9. The van der Waals surface area contributed by atoms with Gasteiger partial charge in [-0.1, -0.05) is 0 Å². The Balaban J connectivity index is 2.14. The predicted octanol–water partition coefficient (Wildman–Crippen LogP) is -0.827. The maximum Gasteiger partial charge on any atom is 0.294 e. The van der Waals surface area contributed by atoms with Gasteiger partial charge >= 0.3 is 0 Å². The third kappa shape index (κ3) is 4.11. The number of amides is 1. The van der Waals surface area contributed by atoms with E-state index in [0.717, 1.165) is 0 Å². The number of hydrogen-bond donors (Lipinski definition) is 0. The van der Waals surface area contributed by atoms with Gasteiger partial charge in [0.1, 0.15) is 6.61 Å². The standard InChI is InChI=1S/C8H14N3O4/c1-8(12)10-4-2-9(3-5-10)6-7-15-11(13)14/h1-7H2. The van der Waals surface area contributed by atoms with Gasteiger partial charge in [0, 0.05) is 39.6 Å². The van der Waals surface area contributed by atoms with Crippen LogP contribution >= 0.6 is 0 Å². The highest BCUT2D eigenvalue weighted by Gasteiger charge is 2.18. The minimum Gasteiger partial charge on any atom is -0.340 e. The first-order valence-corrected chi connectivity index (χ1v) is 4.70. The molecule has 1 radical (unpaired) electrons. The maximum atomic E-state index is 10.9. The molecule has 1 amide bonds. The number of nitrogens with zero attached hydrogens (tertiary/aromatic N) is 3. The number of carbonyl (C=O) groups excluding carboxylic acids is 1. The molecule has 0 spiro atoms. The molecule has 1 aliphatic rings. The van der Waals surface area contributed by atoms with Crippen LogP contribution in [0, 0.1) is 17.0 Å². The Labute approximate surface area is 87.7 Å². The summed E-state index contributed by atoms with van der Waals surface area (Å²) in [6.07, 6.45) is 0. The second-order valence-corrected chi connectivity index (χ2v) is 3.28. The molecule has 0 saturated carbocycles. The third-order valence-corrected chi connectivity index (χ3v) is 2.33. The fourth-order valence-corrected chi connectivity index (χ4v) is 1.47. The molecule has 15 heavy (non-hydrogen) atoms. The van der Waals surface area contributed by atoms with Crippen molar-refractivity contribution in [2.75, 3.05) is 39.3 Å². The topological polar surface area (TPSA) is 75.9 Å². The van der Waals surface area contributed by atoms with E-state index in [0.29, 0.717) is 32.7 Å². The van der Waals surface area contributed by atoms with Crippen LogP contribution in [0.2, 0.25) is 0 Å². The Morgan fingerprint density at radius 2 is 2.00 bits per heavy atom. The molecule has 0 aromatic rings. The maximum absolute atomic E-state index is 10.9. The van der Waals surface area contributed by atoms with Crippen LogP contribution in [0.25, 0.3) is 0 Å². The molecular formula is C8H14N3O4. The van der Waals surface area contributed by atoms with E-state index in [2.05, 4.69) is 11.8 Å². The molecule has 0 bridgehead atoms. The molecular weight excluding hydrogens is 202 g/mol. The molecule has 0 N–H and O–H groups in total. The Morgan fingerprint density at radius 1 is 1.40 bits per heavy atom. The summed E-state index contributed by atoms with van der Waals surface area (Å²) in [5.74, 6) is -0.170. The van der Waals surface area contributed by atoms with Gasteiger partial charge in [0.2, 0.25) is 5.91 Å². The minimum absolute atomic E-state index is 0.0747. The number of hydrogen-bond acceptors (Lipinski definition) is 5. The van der Waals surface area contributed by atoms with Crippen molar-refractivity contribution in [2.45, 2.75) is 0 Å². The van der Waals surface area contributed by atoms with Gasteiger partial charge in [0.25, 0.3) is 5.09 Å².